The summed E-state index contributed by atoms with van der Waals surface area (Å²) in [6, 6.07) is 8.43. The number of anilines is 3. The van der Waals surface area contributed by atoms with E-state index < -0.39 is 18.2 Å². The van der Waals surface area contributed by atoms with Gasteiger partial charge in [0.05, 0.1) is 44.5 Å². The normalized spacial score (nSPS) is 16.6. The molecular formula is C33H44F2N6O4. The summed E-state index contributed by atoms with van der Waals surface area (Å²) < 4.78 is 50.9. The Labute approximate surface area is 264 Å². The predicted octanol–water partition coefficient (Wildman–Crippen LogP) is 5.49. The van der Waals surface area contributed by atoms with Gasteiger partial charge in [-0.2, -0.15) is 0 Å². The molecule has 0 saturated carbocycles. The first-order chi connectivity index (χ1) is 21.8. The Morgan fingerprint density at radius 3 is 2.09 bits per heavy atom. The molecule has 0 amide bonds. The van der Waals surface area contributed by atoms with Crippen LogP contribution in [-0.4, -0.2) is 91.9 Å². The van der Waals surface area contributed by atoms with Crippen LogP contribution in [0.25, 0.3) is 0 Å². The summed E-state index contributed by atoms with van der Waals surface area (Å²) >= 11 is 0. The van der Waals surface area contributed by atoms with E-state index in [-0.39, 0.29) is 22.8 Å². The highest BCUT2D eigenvalue weighted by Crippen LogP contribution is 2.35. The van der Waals surface area contributed by atoms with Crippen LogP contribution in [0.4, 0.5) is 26.1 Å². The lowest BCUT2D eigenvalue weighted by molar-refractivity contribution is 0.0692. The first-order valence-corrected chi connectivity index (χ1v) is 15.6. The first-order valence-electron chi connectivity index (χ1n) is 15.6. The standard InChI is InChI=1S/C33H44F2N6O4/c1-6-44-28-17-23(7-8-27(28)41-11-9-24(10-12-41)40-15-13-39(14-16-40)22(2)3)38-33-36-19-25(20-37-33)45-21-26-31(34)29(42-4)18-30(43-5)32(26)35/h7-8,17-20,22,24H,6,9-16,21H2,1-5H3,(H,36,37,38). The van der Waals surface area contributed by atoms with Gasteiger partial charge in [0.2, 0.25) is 5.95 Å². The molecule has 2 saturated heterocycles. The molecule has 244 valence electrons. The number of hydrogen-bond donors (Lipinski definition) is 1. The predicted molar refractivity (Wildman–Crippen MR) is 170 cm³/mol. The minimum Gasteiger partial charge on any atom is -0.494 e. The molecule has 2 aliphatic rings. The van der Waals surface area contributed by atoms with E-state index in [1.165, 1.54) is 26.6 Å². The van der Waals surface area contributed by atoms with Gasteiger partial charge in [-0.3, -0.25) is 9.80 Å². The van der Waals surface area contributed by atoms with Crippen LogP contribution in [0.5, 0.6) is 23.0 Å². The SMILES string of the molecule is CCOc1cc(Nc2ncc(OCc3c(F)c(OC)cc(OC)c3F)cn2)ccc1N1CCC(N2CCN(C(C)C)CC2)CC1. The van der Waals surface area contributed by atoms with Crippen LogP contribution in [0.1, 0.15) is 39.2 Å². The third kappa shape index (κ3) is 7.67. The van der Waals surface area contributed by atoms with Crippen molar-refractivity contribution in [2.45, 2.75) is 52.3 Å². The van der Waals surface area contributed by atoms with Gasteiger partial charge >= 0.3 is 0 Å². The van der Waals surface area contributed by atoms with Gasteiger partial charge in [-0.1, -0.05) is 0 Å². The molecule has 0 aliphatic carbocycles. The lowest BCUT2D eigenvalue weighted by Crippen LogP contribution is -2.54. The maximum atomic E-state index is 14.7. The van der Waals surface area contributed by atoms with Gasteiger partial charge in [0.1, 0.15) is 12.4 Å². The van der Waals surface area contributed by atoms with Gasteiger partial charge in [-0.15, -0.1) is 0 Å². The number of aromatic nitrogens is 2. The second-order valence-electron chi connectivity index (χ2n) is 11.5. The third-order valence-corrected chi connectivity index (χ3v) is 8.59. The number of halogens is 2. The molecule has 0 radical (unpaired) electrons. The molecular weight excluding hydrogens is 582 g/mol. The van der Waals surface area contributed by atoms with Gasteiger partial charge < -0.3 is 29.2 Å². The van der Waals surface area contributed by atoms with Crippen LogP contribution in [0.15, 0.2) is 36.7 Å². The van der Waals surface area contributed by atoms with E-state index in [0.29, 0.717) is 24.6 Å². The molecule has 3 heterocycles. The third-order valence-electron chi connectivity index (χ3n) is 8.59. The Bertz CT molecular complexity index is 1380. The molecule has 2 aromatic carbocycles. The highest BCUT2D eigenvalue weighted by Gasteiger charge is 2.29. The van der Waals surface area contributed by atoms with Crippen LogP contribution in [-0.2, 0) is 6.61 Å². The van der Waals surface area contributed by atoms with E-state index in [4.69, 9.17) is 18.9 Å². The fraction of sp³-hybridized carbons (Fsp3) is 0.515. The van der Waals surface area contributed by atoms with Gasteiger partial charge in [0, 0.05) is 69.2 Å². The molecule has 2 fully saturated rings. The molecule has 0 bridgehead atoms. The Kier molecular flexibility index (Phi) is 10.8. The Morgan fingerprint density at radius 2 is 1.51 bits per heavy atom. The molecule has 1 aromatic heterocycles. The van der Waals surface area contributed by atoms with Crippen molar-refractivity contribution in [3.63, 3.8) is 0 Å². The summed E-state index contributed by atoms with van der Waals surface area (Å²) in [5, 5.41) is 3.20. The molecule has 0 unspecified atom stereocenters. The van der Waals surface area contributed by atoms with Crippen molar-refractivity contribution in [3.05, 3.63) is 53.9 Å². The lowest BCUT2D eigenvalue weighted by atomic mass is 10.0. The Balaban J connectivity index is 1.18. The molecule has 10 nitrogen and oxygen atoms in total. The smallest absolute Gasteiger partial charge is 0.227 e. The van der Waals surface area contributed by atoms with Gasteiger partial charge in [-0.05, 0) is 45.7 Å². The van der Waals surface area contributed by atoms with Crippen molar-refractivity contribution in [2.24, 2.45) is 0 Å². The molecule has 0 atom stereocenters. The van der Waals surface area contributed by atoms with Crippen LogP contribution >= 0.6 is 0 Å². The number of methoxy groups -OCH3 is 2. The molecule has 45 heavy (non-hydrogen) atoms. The average molecular weight is 627 g/mol. The van der Waals surface area contributed by atoms with Crippen LogP contribution in [0.3, 0.4) is 0 Å². The van der Waals surface area contributed by atoms with Crippen molar-refractivity contribution < 1.29 is 27.7 Å². The summed E-state index contributed by atoms with van der Waals surface area (Å²) in [7, 11) is 2.59. The maximum absolute atomic E-state index is 14.7. The number of piperidine rings is 1. The van der Waals surface area contributed by atoms with Crippen molar-refractivity contribution in [1.29, 1.82) is 0 Å². The van der Waals surface area contributed by atoms with Crippen molar-refractivity contribution in [2.75, 3.05) is 70.3 Å². The molecule has 2 aliphatic heterocycles. The Hall–Kier alpha value is -3.90. The van der Waals surface area contributed by atoms with E-state index in [9.17, 15) is 8.78 Å². The zero-order valence-electron chi connectivity index (χ0n) is 26.8. The highest BCUT2D eigenvalue weighted by atomic mass is 19.1. The minimum atomic E-state index is -0.854. The number of benzene rings is 2. The summed E-state index contributed by atoms with van der Waals surface area (Å²) in [6.07, 6.45) is 5.15. The van der Waals surface area contributed by atoms with Crippen LogP contribution in [0.2, 0.25) is 0 Å². The summed E-state index contributed by atoms with van der Waals surface area (Å²) in [5.41, 5.74) is 1.55. The fourth-order valence-corrected chi connectivity index (χ4v) is 6.02. The van der Waals surface area contributed by atoms with Gasteiger partial charge in [-0.25, -0.2) is 18.7 Å². The number of nitrogens with zero attached hydrogens (tertiary/aromatic N) is 5. The van der Waals surface area contributed by atoms with Crippen LogP contribution in [0, 0.1) is 11.6 Å². The minimum absolute atomic E-state index is 0.139. The number of ether oxygens (including phenoxy) is 4. The fourth-order valence-electron chi connectivity index (χ4n) is 6.02. The second kappa shape index (κ2) is 14.9. The maximum Gasteiger partial charge on any atom is 0.227 e. The number of hydrogen-bond acceptors (Lipinski definition) is 10. The number of rotatable bonds is 12. The van der Waals surface area contributed by atoms with Crippen molar-refractivity contribution in [1.82, 2.24) is 19.8 Å². The van der Waals surface area contributed by atoms with E-state index in [2.05, 4.69) is 49.9 Å². The topological polar surface area (TPSA) is 84.4 Å². The molecule has 1 N–H and O–H groups in total. The lowest BCUT2D eigenvalue weighted by Gasteiger charge is -2.44. The van der Waals surface area contributed by atoms with E-state index in [1.807, 2.05) is 19.1 Å². The van der Waals surface area contributed by atoms with Crippen molar-refractivity contribution >= 4 is 17.3 Å². The van der Waals surface area contributed by atoms with Crippen molar-refractivity contribution in [3.8, 4) is 23.0 Å². The summed E-state index contributed by atoms with van der Waals surface area (Å²) in [6.45, 7) is 13.3. The van der Waals surface area contributed by atoms with E-state index >= 15 is 0 Å². The largest absolute Gasteiger partial charge is 0.494 e. The van der Waals surface area contributed by atoms with E-state index in [1.54, 1.807) is 0 Å². The number of nitrogens with one attached hydrogen (secondary N) is 1. The van der Waals surface area contributed by atoms with Crippen LogP contribution < -0.4 is 29.2 Å². The summed E-state index contributed by atoms with van der Waals surface area (Å²) in [4.78, 5) is 16.3. The average Bonchev–Trinajstić information content (AvgIpc) is 3.06. The monoisotopic (exact) mass is 626 g/mol. The first kappa shape index (κ1) is 32.5. The zero-order valence-corrected chi connectivity index (χ0v) is 26.8. The second-order valence-corrected chi connectivity index (χ2v) is 11.5. The molecule has 3 aromatic rings. The molecule has 12 heteroatoms. The highest BCUT2D eigenvalue weighted by molar-refractivity contribution is 5.67. The molecule has 0 spiro atoms. The van der Waals surface area contributed by atoms with E-state index in [0.717, 1.165) is 75.3 Å². The Morgan fingerprint density at radius 1 is 0.867 bits per heavy atom. The van der Waals surface area contributed by atoms with Gasteiger partial charge in [0.15, 0.2) is 28.9 Å². The summed E-state index contributed by atoms with van der Waals surface area (Å²) in [5.74, 6) is -0.584. The molecule has 5 rings (SSSR count). The quantitative estimate of drug-likeness (QED) is 0.279. The zero-order chi connectivity index (χ0) is 31.9. The van der Waals surface area contributed by atoms with Gasteiger partial charge in [0.25, 0.3) is 0 Å². The number of piperazine rings is 1.